The molecule has 6 heteroatoms. The van der Waals surface area contributed by atoms with E-state index in [1.165, 1.54) is 18.4 Å². The van der Waals surface area contributed by atoms with E-state index in [9.17, 15) is 0 Å². The zero-order chi connectivity index (χ0) is 17.8. The Balaban J connectivity index is 2.28. The summed E-state index contributed by atoms with van der Waals surface area (Å²) >= 11 is 0. The van der Waals surface area contributed by atoms with Gasteiger partial charge in [-0.05, 0) is 50.0 Å². The minimum absolute atomic E-state index is 0.429. The third-order valence-electron chi connectivity index (χ3n) is 4.42. The van der Waals surface area contributed by atoms with E-state index in [0.717, 1.165) is 35.6 Å². The molecule has 0 unspecified atom stereocenters. The van der Waals surface area contributed by atoms with Gasteiger partial charge >= 0.3 is 0 Å². The molecule has 25 heavy (non-hydrogen) atoms. The van der Waals surface area contributed by atoms with Gasteiger partial charge in [-0.1, -0.05) is 12.1 Å². The number of nitrogens with zero attached hydrogens (tertiary/aromatic N) is 4. The first-order valence-electron chi connectivity index (χ1n) is 8.42. The van der Waals surface area contributed by atoms with Gasteiger partial charge < -0.3 is 4.74 Å². The summed E-state index contributed by atoms with van der Waals surface area (Å²) in [6, 6.07) is 5.83. The van der Waals surface area contributed by atoms with Crippen molar-refractivity contribution in [1.29, 1.82) is 0 Å². The summed E-state index contributed by atoms with van der Waals surface area (Å²) in [5, 5.41) is 6.45. The number of methoxy groups -OCH3 is 1. The molecule has 0 bridgehead atoms. The molecule has 0 aliphatic heterocycles. The van der Waals surface area contributed by atoms with Gasteiger partial charge in [0.1, 0.15) is 5.69 Å². The maximum absolute atomic E-state index is 5.48. The fourth-order valence-corrected chi connectivity index (χ4v) is 3.09. The summed E-state index contributed by atoms with van der Waals surface area (Å²) in [5.74, 6) is 1.22. The predicted octanol–water partition coefficient (Wildman–Crippen LogP) is 3.97. The van der Waals surface area contributed by atoms with Crippen molar-refractivity contribution in [2.45, 2.75) is 25.7 Å². The lowest BCUT2D eigenvalue weighted by Crippen LogP contribution is -2.20. The second-order valence-corrected chi connectivity index (χ2v) is 5.93. The number of ether oxygens (including phenoxy) is 1. The van der Waals surface area contributed by atoms with E-state index in [0.29, 0.717) is 5.88 Å². The van der Waals surface area contributed by atoms with Gasteiger partial charge in [-0.3, -0.25) is 9.82 Å². The normalized spacial score (nSPS) is 14.1. The summed E-state index contributed by atoms with van der Waals surface area (Å²) in [7, 11) is 5.07. The SMILES string of the molecule is C=C(OC)n1nc(-c2ccccn2)c(C2=CCCCC2)c1N(C)OC. The number of hydrogen-bond acceptors (Lipinski definition) is 5. The van der Waals surface area contributed by atoms with Crippen molar-refractivity contribution in [3.63, 3.8) is 0 Å². The van der Waals surface area contributed by atoms with Crippen molar-refractivity contribution in [2.75, 3.05) is 26.3 Å². The van der Waals surface area contributed by atoms with E-state index >= 15 is 0 Å². The molecule has 132 valence electrons. The number of hydrogen-bond donors (Lipinski definition) is 0. The third-order valence-corrected chi connectivity index (χ3v) is 4.42. The Morgan fingerprint density at radius 1 is 1.28 bits per heavy atom. The maximum atomic E-state index is 5.48. The molecule has 0 saturated carbocycles. The van der Waals surface area contributed by atoms with Crippen LogP contribution in [-0.4, -0.2) is 36.0 Å². The van der Waals surface area contributed by atoms with Gasteiger partial charge in [0, 0.05) is 13.2 Å². The number of aromatic nitrogens is 3. The van der Waals surface area contributed by atoms with Crippen LogP contribution in [0.15, 0.2) is 37.1 Å². The zero-order valence-corrected chi connectivity index (χ0v) is 15.0. The molecular weight excluding hydrogens is 316 g/mol. The number of allylic oxidation sites excluding steroid dienone is 2. The molecule has 1 aliphatic rings. The van der Waals surface area contributed by atoms with Crippen LogP contribution >= 0.6 is 0 Å². The average Bonchev–Trinajstić information content (AvgIpc) is 3.08. The highest BCUT2D eigenvalue weighted by molar-refractivity contribution is 5.86. The minimum atomic E-state index is 0.429. The Morgan fingerprint density at radius 2 is 2.12 bits per heavy atom. The highest BCUT2D eigenvalue weighted by Gasteiger charge is 2.27. The van der Waals surface area contributed by atoms with Crippen LogP contribution in [0.3, 0.4) is 0 Å². The molecule has 1 aliphatic carbocycles. The molecule has 2 heterocycles. The lowest BCUT2D eigenvalue weighted by atomic mass is 9.92. The molecule has 6 nitrogen and oxygen atoms in total. The second kappa shape index (κ2) is 7.53. The smallest absolute Gasteiger partial charge is 0.208 e. The summed E-state index contributed by atoms with van der Waals surface area (Å²) < 4.78 is 7.03. The van der Waals surface area contributed by atoms with Crippen molar-refractivity contribution in [3.8, 4) is 11.4 Å². The average molecular weight is 340 g/mol. The van der Waals surface area contributed by atoms with E-state index in [2.05, 4.69) is 17.6 Å². The molecule has 2 aromatic heterocycles. The van der Waals surface area contributed by atoms with Gasteiger partial charge in [0.05, 0.1) is 25.5 Å². The van der Waals surface area contributed by atoms with Crippen LogP contribution in [0.4, 0.5) is 5.82 Å². The van der Waals surface area contributed by atoms with Gasteiger partial charge in [0.2, 0.25) is 5.88 Å². The third kappa shape index (κ3) is 3.30. The number of anilines is 1. The summed E-state index contributed by atoms with van der Waals surface area (Å²) in [6.07, 6.45) is 8.54. The van der Waals surface area contributed by atoms with E-state index in [4.69, 9.17) is 14.7 Å². The highest BCUT2D eigenvalue weighted by Crippen LogP contribution is 2.40. The van der Waals surface area contributed by atoms with Crippen molar-refractivity contribution in [2.24, 2.45) is 0 Å². The van der Waals surface area contributed by atoms with Crippen LogP contribution in [0, 0.1) is 0 Å². The number of rotatable bonds is 6. The van der Waals surface area contributed by atoms with E-state index < -0.39 is 0 Å². The van der Waals surface area contributed by atoms with Crippen molar-refractivity contribution in [1.82, 2.24) is 14.8 Å². The number of pyridine rings is 1. The Labute approximate surface area is 148 Å². The topological polar surface area (TPSA) is 52.4 Å². The van der Waals surface area contributed by atoms with Crippen LogP contribution < -0.4 is 5.06 Å². The maximum Gasteiger partial charge on any atom is 0.208 e. The highest BCUT2D eigenvalue weighted by atomic mass is 16.7. The largest absolute Gasteiger partial charge is 0.481 e. The van der Waals surface area contributed by atoms with Gasteiger partial charge in [0.25, 0.3) is 0 Å². The molecule has 0 aromatic carbocycles. The monoisotopic (exact) mass is 340 g/mol. The van der Waals surface area contributed by atoms with E-state index in [1.54, 1.807) is 30.2 Å². The zero-order valence-electron chi connectivity index (χ0n) is 15.0. The Bertz CT molecular complexity index is 780. The summed E-state index contributed by atoms with van der Waals surface area (Å²) in [5.41, 5.74) is 3.92. The minimum Gasteiger partial charge on any atom is -0.481 e. The first-order valence-corrected chi connectivity index (χ1v) is 8.42. The van der Waals surface area contributed by atoms with Crippen molar-refractivity contribution < 1.29 is 9.57 Å². The Morgan fingerprint density at radius 3 is 2.72 bits per heavy atom. The Hall–Kier alpha value is -2.60. The van der Waals surface area contributed by atoms with E-state index in [1.807, 2.05) is 25.2 Å². The molecule has 0 saturated heterocycles. The fourth-order valence-electron chi connectivity index (χ4n) is 3.09. The molecular formula is C19H24N4O2. The molecule has 0 fully saturated rings. The standard InChI is InChI=1S/C19H24N4O2/c1-14(24-3)23-19(22(2)25-4)17(15-10-6-5-7-11-15)18(21-23)16-12-8-9-13-20-16/h8-10,12-13H,1,5-7,11H2,2-4H3. The van der Waals surface area contributed by atoms with Gasteiger partial charge in [-0.15, -0.1) is 0 Å². The molecule has 0 atom stereocenters. The first kappa shape index (κ1) is 17.2. The molecule has 0 amide bonds. The quantitative estimate of drug-likeness (QED) is 0.588. The Kier molecular flexibility index (Phi) is 5.19. The van der Waals surface area contributed by atoms with Crippen LogP contribution in [0.1, 0.15) is 31.2 Å². The van der Waals surface area contributed by atoms with Crippen molar-refractivity contribution >= 4 is 17.3 Å². The lowest BCUT2D eigenvalue weighted by molar-refractivity contribution is 0.179. The lowest BCUT2D eigenvalue weighted by Gasteiger charge is -2.21. The van der Waals surface area contributed by atoms with Gasteiger partial charge in [-0.2, -0.15) is 9.78 Å². The molecule has 0 radical (unpaired) electrons. The van der Waals surface area contributed by atoms with Crippen LogP contribution in [0.5, 0.6) is 0 Å². The predicted molar refractivity (Wildman–Crippen MR) is 99.7 cm³/mol. The fraction of sp³-hybridized carbons (Fsp3) is 0.368. The van der Waals surface area contributed by atoms with E-state index in [-0.39, 0.29) is 0 Å². The molecule has 3 rings (SSSR count). The van der Waals surface area contributed by atoms with Crippen LogP contribution in [-0.2, 0) is 9.57 Å². The molecule has 0 N–H and O–H groups in total. The van der Waals surface area contributed by atoms with Gasteiger partial charge in [0.15, 0.2) is 5.82 Å². The summed E-state index contributed by atoms with van der Waals surface area (Å²) in [6.45, 7) is 3.97. The number of hydroxylamine groups is 1. The van der Waals surface area contributed by atoms with Crippen molar-refractivity contribution in [3.05, 3.63) is 42.6 Å². The van der Waals surface area contributed by atoms with Gasteiger partial charge in [-0.25, -0.2) is 5.06 Å². The second-order valence-electron chi connectivity index (χ2n) is 5.93. The molecule has 2 aromatic rings. The first-order chi connectivity index (χ1) is 12.2. The summed E-state index contributed by atoms with van der Waals surface area (Å²) in [4.78, 5) is 9.98. The van der Waals surface area contributed by atoms with Crippen LogP contribution in [0.25, 0.3) is 22.8 Å². The molecule has 0 spiro atoms. The van der Waals surface area contributed by atoms with Crippen LogP contribution in [0.2, 0.25) is 0 Å².